The van der Waals surface area contributed by atoms with Crippen molar-refractivity contribution in [1.82, 2.24) is 5.32 Å². The Morgan fingerprint density at radius 3 is 2.30 bits per heavy atom. The van der Waals surface area contributed by atoms with E-state index in [1.807, 2.05) is 0 Å². The Bertz CT molecular complexity index is 616. The molecule has 1 heterocycles. The summed E-state index contributed by atoms with van der Waals surface area (Å²) in [7, 11) is -2.95. The van der Waals surface area contributed by atoms with Crippen LogP contribution in [0.1, 0.15) is 24.0 Å². The standard InChI is InChI=1S/C13H14F2N2O2S/c14-12-5-9(7-16)6-13(15)11(12)8-17-10-1-3-20(18,19)4-2-10/h5-6,10,17H,1-4,8H2. The van der Waals surface area contributed by atoms with Crippen LogP contribution in [-0.2, 0) is 16.4 Å². The molecule has 0 atom stereocenters. The van der Waals surface area contributed by atoms with Crippen LogP contribution >= 0.6 is 0 Å². The van der Waals surface area contributed by atoms with Crippen molar-refractivity contribution >= 4 is 9.84 Å². The van der Waals surface area contributed by atoms with Gasteiger partial charge in [0.15, 0.2) is 0 Å². The van der Waals surface area contributed by atoms with Gasteiger partial charge in [-0.3, -0.25) is 0 Å². The maximum Gasteiger partial charge on any atom is 0.150 e. The minimum Gasteiger partial charge on any atom is -0.310 e. The van der Waals surface area contributed by atoms with E-state index in [2.05, 4.69) is 5.32 Å². The van der Waals surface area contributed by atoms with Crippen molar-refractivity contribution in [2.75, 3.05) is 11.5 Å². The first-order chi connectivity index (χ1) is 9.41. The van der Waals surface area contributed by atoms with Crippen molar-refractivity contribution in [1.29, 1.82) is 5.26 Å². The summed E-state index contributed by atoms with van der Waals surface area (Å²) in [6, 6.07) is 3.60. The fourth-order valence-corrected chi connectivity index (χ4v) is 3.67. The number of nitrogens with zero attached hydrogens (tertiary/aromatic N) is 1. The van der Waals surface area contributed by atoms with Crippen LogP contribution in [0.15, 0.2) is 12.1 Å². The fourth-order valence-electron chi connectivity index (χ4n) is 2.18. The number of hydrogen-bond donors (Lipinski definition) is 1. The number of hydrogen-bond acceptors (Lipinski definition) is 4. The van der Waals surface area contributed by atoms with Crippen LogP contribution in [0.2, 0.25) is 0 Å². The molecule has 20 heavy (non-hydrogen) atoms. The molecule has 1 saturated heterocycles. The summed E-state index contributed by atoms with van der Waals surface area (Å²) in [4.78, 5) is 0. The van der Waals surface area contributed by atoms with Gasteiger partial charge in [-0.05, 0) is 25.0 Å². The summed E-state index contributed by atoms with van der Waals surface area (Å²) < 4.78 is 49.8. The van der Waals surface area contributed by atoms with Gasteiger partial charge in [-0.25, -0.2) is 17.2 Å². The van der Waals surface area contributed by atoms with E-state index in [1.165, 1.54) is 0 Å². The van der Waals surface area contributed by atoms with Gasteiger partial charge in [0.25, 0.3) is 0 Å². The normalized spacial score (nSPS) is 18.6. The van der Waals surface area contributed by atoms with Crippen molar-refractivity contribution in [3.05, 3.63) is 34.9 Å². The maximum atomic E-state index is 13.6. The molecule has 0 saturated carbocycles. The molecular weight excluding hydrogens is 286 g/mol. The number of rotatable bonds is 3. The van der Waals surface area contributed by atoms with Gasteiger partial charge in [0, 0.05) is 18.2 Å². The molecule has 0 aromatic heterocycles. The lowest BCUT2D eigenvalue weighted by Gasteiger charge is -2.23. The molecule has 0 aliphatic carbocycles. The molecule has 1 fully saturated rings. The molecule has 108 valence electrons. The van der Waals surface area contributed by atoms with Crippen molar-refractivity contribution in [3.8, 4) is 6.07 Å². The summed E-state index contributed by atoms with van der Waals surface area (Å²) in [5, 5.41) is 11.6. The first-order valence-electron chi connectivity index (χ1n) is 6.23. The molecule has 0 radical (unpaired) electrons. The smallest absolute Gasteiger partial charge is 0.150 e. The molecule has 4 nitrogen and oxygen atoms in total. The molecule has 0 bridgehead atoms. The Labute approximate surface area is 116 Å². The minimum absolute atomic E-state index is 0.0198. The Hall–Kier alpha value is -1.52. The number of nitriles is 1. The number of nitrogens with one attached hydrogen (secondary N) is 1. The summed E-state index contributed by atoms with van der Waals surface area (Å²) in [5.41, 5.74) is -0.190. The predicted molar refractivity (Wildman–Crippen MR) is 69.6 cm³/mol. The van der Waals surface area contributed by atoms with Gasteiger partial charge >= 0.3 is 0 Å². The highest BCUT2D eigenvalue weighted by Crippen LogP contribution is 2.17. The summed E-state index contributed by atoms with van der Waals surface area (Å²) in [5.74, 6) is -1.33. The number of sulfone groups is 1. The van der Waals surface area contributed by atoms with Crippen molar-refractivity contribution in [3.63, 3.8) is 0 Å². The first-order valence-corrected chi connectivity index (χ1v) is 8.05. The van der Waals surface area contributed by atoms with Crippen molar-refractivity contribution in [2.45, 2.75) is 25.4 Å². The third-order valence-corrected chi connectivity index (χ3v) is 5.11. The highest BCUT2D eigenvalue weighted by molar-refractivity contribution is 7.91. The molecule has 1 aliphatic rings. The summed E-state index contributed by atoms with van der Waals surface area (Å²) in [6.07, 6.45) is 0.893. The topological polar surface area (TPSA) is 70.0 Å². The quantitative estimate of drug-likeness (QED) is 0.918. The number of benzene rings is 1. The Kier molecular flexibility index (Phi) is 4.35. The third-order valence-electron chi connectivity index (χ3n) is 3.39. The summed E-state index contributed by atoms with van der Waals surface area (Å²) in [6.45, 7) is -0.0198. The van der Waals surface area contributed by atoms with Crippen LogP contribution in [0.25, 0.3) is 0 Å². The molecule has 1 aromatic rings. The minimum atomic E-state index is -2.95. The highest BCUT2D eigenvalue weighted by Gasteiger charge is 2.23. The van der Waals surface area contributed by atoms with Gasteiger partial charge < -0.3 is 5.32 Å². The van der Waals surface area contributed by atoms with E-state index in [9.17, 15) is 17.2 Å². The second-order valence-electron chi connectivity index (χ2n) is 4.84. The van der Waals surface area contributed by atoms with Gasteiger partial charge in [0.05, 0.1) is 23.1 Å². The van der Waals surface area contributed by atoms with Gasteiger partial charge in [0.1, 0.15) is 21.5 Å². The van der Waals surface area contributed by atoms with E-state index in [0.29, 0.717) is 12.8 Å². The Balaban J connectivity index is 2.00. The number of halogens is 2. The van der Waals surface area contributed by atoms with Crippen molar-refractivity contribution in [2.24, 2.45) is 0 Å². The molecule has 0 amide bonds. The monoisotopic (exact) mass is 300 g/mol. The second-order valence-corrected chi connectivity index (χ2v) is 7.14. The van der Waals surface area contributed by atoms with E-state index in [-0.39, 0.29) is 35.2 Å². The second kappa shape index (κ2) is 5.85. The van der Waals surface area contributed by atoms with Crippen LogP contribution < -0.4 is 5.32 Å². The average molecular weight is 300 g/mol. The molecule has 0 unspecified atom stereocenters. The largest absolute Gasteiger partial charge is 0.310 e. The molecular formula is C13H14F2N2O2S. The fraction of sp³-hybridized carbons (Fsp3) is 0.462. The van der Waals surface area contributed by atoms with Gasteiger partial charge in [-0.2, -0.15) is 5.26 Å². The molecule has 7 heteroatoms. The lowest BCUT2D eigenvalue weighted by atomic mass is 10.1. The Morgan fingerprint density at radius 1 is 1.25 bits per heavy atom. The van der Waals surface area contributed by atoms with Gasteiger partial charge in [0.2, 0.25) is 0 Å². The van der Waals surface area contributed by atoms with Crippen LogP contribution in [0.4, 0.5) is 8.78 Å². The first kappa shape index (κ1) is 14.9. The Morgan fingerprint density at radius 2 is 1.80 bits per heavy atom. The molecule has 0 spiro atoms. The van der Waals surface area contributed by atoms with Crippen LogP contribution in [-0.4, -0.2) is 26.0 Å². The van der Waals surface area contributed by atoms with E-state index >= 15 is 0 Å². The molecule has 1 N–H and O–H groups in total. The maximum absolute atomic E-state index is 13.6. The van der Waals surface area contributed by atoms with E-state index < -0.39 is 21.5 Å². The zero-order valence-corrected chi connectivity index (χ0v) is 11.5. The molecule has 2 rings (SSSR count). The van der Waals surface area contributed by atoms with E-state index in [0.717, 1.165) is 12.1 Å². The third kappa shape index (κ3) is 3.52. The zero-order valence-electron chi connectivity index (χ0n) is 10.7. The SMILES string of the molecule is N#Cc1cc(F)c(CNC2CCS(=O)(=O)CC2)c(F)c1. The van der Waals surface area contributed by atoms with E-state index in [1.54, 1.807) is 6.07 Å². The molecule has 1 aromatic carbocycles. The van der Waals surface area contributed by atoms with Gasteiger partial charge in [-0.15, -0.1) is 0 Å². The van der Waals surface area contributed by atoms with E-state index in [4.69, 9.17) is 5.26 Å². The zero-order chi connectivity index (χ0) is 14.8. The lowest BCUT2D eigenvalue weighted by Crippen LogP contribution is -2.37. The molecule has 1 aliphatic heterocycles. The van der Waals surface area contributed by atoms with Crippen LogP contribution in [0.3, 0.4) is 0 Å². The van der Waals surface area contributed by atoms with Gasteiger partial charge in [-0.1, -0.05) is 0 Å². The predicted octanol–water partition coefficient (Wildman–Crippen LogP) is 1.50. The van der Waals surface area contributed by atoms with Crippen molar-refractivity contribution < 1.29 is 17.2 Å². The summed E-state index contributed by atoms with van der Waals surface area (Å²) >= 11 is 0. The average Bonchev–Trinajstić information content (AvgIpc) is 2.39. The van der Waals surface area contributed by atoms with Crippen LogP contribution in [0, 0.1) is 23.0 Å². The van der Waals surface area contributed by atoms with Crippen LogP contribution in [0.5, 0.6) is 0 Å². The lowest BCUT2D eigenvalue weighted by molar-refractivity contribution is 0.447. The highest BCUT2D eigenvalue weighted by atomic mass is 32.2.